The van der Waals surface area contributed by atoms with Crippen molar-refractivity contribution in [3.63, 3.8) is 0 Å². The number of rotatable bonds is 4. The molecule has 0 spiro atoms. The highest BCUT2D eigenvalue weighted by Gasteiger charge is 2.17. The predicted octanol–water partition coefficient (Wildman–Crippen LogP) is 2.27. The van der Waals surface area contributed by atoms with Gasteiger partial charge < -0.3 is 14.7 Å². The van der Waals surface area contributed by atoms with Crippen LogP contribution in [0.15, 0.2) is 40.8 Å². The molecule has 4 rings (SSSR count). The zero-order valence-corrected chi connectivity index (χ0v) is 12.8. The number of benzene rings is 1. The molecule has 6 nitrogen and oxygen atoms in total. The van der Waals surface area contributed by atoms with E-state index in [2.05, 4.69) is 15.3 Å². The number of nitrogens with zero attached hydrogens (tertiary/aromatic N) is 1. The molecule has 2 N–H and O–H groups in total. The number of H-pyrrole nitrogens is 1. The number of allylic oxidation sites excluding steroid dienone is 1. The van der Waals surface area contributed by atoms with Crippen molar-refractivity contribution in [2.45, 2.75) is 12.8 Å². The van der Waals surface area contributed by atoms with Gasteiger partial charge in [-0.25, -0.2) is 4.98 Å². The van der Waals surface area contributed by atoms with Gasteiger partial charge in [0.05, 0.1) is 6.42 Å². The number of aromatic nitrogens is 2. The lowest BCUT2D eigenvalue weighted by molar-refractivity contribution is -0.114. The van der Waals surface area contributed by atoms with Gasteiger partial charge >= 0.3 is 0 Å². The minimum Gasteiger partial charge on any atom is -0.445 e. The lowest BCUT2D eigenvalue weighted by Gasteiger charge is -2.01. The molecule has 6 heteroatoms. The van der Waals surface area contributed by atoms with Crippen LogP contribution in [0.1, 0.15) is 27.8 Å². The second-order valence-corrected chi connectivity index (χ2v) is 5.67. The van der Waals surface area contributed by atoms with E-state index >= 15 is 0 Å². The van der Waals surface area contributed by atoms with Crippen LogP contribution in [0.2, 0.25) is 0 Å². The van der Waals surface area contributed by atoms with E-state index in [1.54, 1.807) is 6.08 Å². The van der Waals surface area contributed by atoms with E-state index in [0.29, 0.717) is 36.0 Å². The minimum atomic E-state index is -0.169. The third-order valence-electron chi connectivity index (χ3n) is 3.93. The van der Waals surface area contributed by atoms with Gasteiger partial charge in [0.15, 0.2) is 11.7 Å². The van der Waals surface area contributed by atoms with Crippen LogP contribution in [-0.2, 0) is 17.6 Å². The van der Waals surface area contributed by atoms with Crippen LogP contribution in [0, 0.1) is 0 Å². The Morgan fingerprint density at radius 3 is 3.04 bits per heavy atom. The number of carbonyl (C=O) groups excluding carboxylic acids is 2. The fourth-order valence-electron chi connectivity index (χ4n) is 2.74. The molecule has 0 radical (unpaired) electrons. The molecule has 0 saturated carbocycles. The second-order valence-electron chi connectivity index (χ2n) is 5.67. The summed E-state index contributed by atoms with van der Waals surface area (Å²) in [5.74, 6) is 0.964. The molecule has 24 heavy (non-hydrogen) atoms. The molecule has 1 aliphatic rings. The van der Waals surface area contributed by atoms with Gasteiger partial charge in [-0.05, 0) is 24.3 Å². The second kappa shape index (κ2) is 5.81. The zero-order valence-electron chi connectivity index (χ0n) is 12.8. The van der Waals surface area contributed by atoms with Crippen LogP contribution in [0.3, 0.4) is 0 Å². The van der Waals surface area contributed by atoms with Crippen LogP contribution >= 0.6 is 0 Å². The Hall–Kier alpha value is -3.15. The zero-order chi connectivity index (χ0) is 16.5. The molecule has 1 aromatic carbocycles. The molecule has 1 amide bonds. The molecule has 1 aliphatic carbocycles. The first-order valence-corrected chi connectivity index (χ1v) is 7.74. The number of hydrogen-bond acceptors (Lipinski definition) is 4. The van der Waals surface area contributed by atoms with Crippen molar-refractivity contribution >= 4 is 28.7 Å². The summed E-state index contributed by atoms with van der Waals surface area (Å²) in [5.41, 5.74) is 2.16. The normalized spacial score (nSPS) is 13.2. The highest BCUT2D eigenvalue weighted by molar-refractivity contribution is 5.98. The average Bonchev–Trinajstić information content (AvgIpc) is 3.17. The first-order valence-electron chi connectivity index (χ1n) is 7.74. The lowest BCUT2D eigenvalue weighted by Crippen LogP contribution is -2.26. The molecule has 0 saturated heterocycles. The van der Waals surface area contributed by atoms with E-state index in [-0.39, 0.29) is 18.1 Å². The number of fused-ring (bicyclic) bond motifs is 2. The summed E-state index contributed by atoms with van der Waals surface area (Å²) in [6.07, 6.45) is 3.89. The fraction of sp³-hybridized carbons (Fsp3) is 0.167. The van der Waals surface area contributed by atoms with Crippen molar-refractivity contribution in [3.05, 3.63) is 59.4 Å². The number of amides is 1. The van der Waals surface area contributed by atoms with Gasteiger partial charge in [0, 0.05) is 23.9 Å². The summed E-state index contributed by atoms with van der Waals surface area (Å²) in [6, 6.07) is 9.56. The molecule has 3 aromatic rings. The number of para-hydroxylation sites is 1. The van der Waals surface area contributed by atoms with Crippen molar-refractivity contribution in [3.8, 4) is 0 Å². The summed E-state index contributed by atoms with van der Waals surface area (Å²) in [5, 5.41) is 3.84. The Balaban J connectivity index is 1.38. The van der Waals surface area contributed by atoms with Gasteiger partial charge in [0.25, 0.3) is 5.91 Å². The first-order chi connectivity index (χ1) is 11.7. The summed E-state index contributed by atoms with van der Waals surface area (Å²) in [4.78, 5) is 30.9. The van der Waals surface area contributed by atoms with Crippen LogP contribution < -0.4 is 5.32 Å². The Kier molecular flexibility index (Phi) is 3.49. The number of carbonyl (C=O) groups is 2. The maximum atomic E-state index is 12.2. The number of nitrogens with one attached hydrogen (secondary N) is 2. The highest BCUT2D eigenvalue weighted by atomic mass is 16.4. The molecular weight excluding hydrogens is 306 g/mol. The summed E-state index contributed by atoms with van der Waals surface area (Å²) in [6.45, 7) is 0.408. The smallest absolute Gasteiger partial charge is 0.267 e. The number of ketones is 1. The molecule has 0 bridgehead atoms. The predicted molar refractivity (Wildman–Crippen MR) is 88.6 cm³/mol. The average molecular weight is 321 g/mol. The van der Waals surface area contributed by atoms with Crippen LogP contribution in [0.25, 0.3) is 17.0 Å². The van der Waals surface area contributed by atoms with E-state index in [1.807, 2.05) is 30.3 Å². The monoisotopic (exact) mass is 321 g/mol. The van der Waals surface area contributed by atoms with Gasteiger partial charge in [-0.15, -0.1) is 0 Å². The molecule has 0 fully saturated rings. The maximum absolute atomic E-state index is 12.2. The Bertz CT molecular complexity index is 932. The SMILES string of the molecule is O=C1C=Cc2nc(CCNC(=O)c3cc4ccccc4[nH]3)oc2C1. The Morgan fingerprint density at radius 1 is 1.29 bits per heavy atom. The van der Waals surface area contributed by atoms with E-state index < -0.39 is 0 Å². The van der Waals surface area contributed by atoms with Crippen molar-refractivity contribution in [2.24, 2.45) is 0 Å². The van der Waals surface area contributed by atoms with Gasteiger partial charge in [-0.3, -0.25) is 9.59 Å². The van der Waals surface area contributed by atoms with E-state index in [4.69, 9.17) is 4.42 Å². The summed E-state index contributed by atoms with van der Waals surface area (Å²) < 4.78 is 5.57. The quantitative estimate of drug-likeness (QED) is 0.771. The van der Waals surface area contributed by atoms with Crippen molar-refractivity contribution < 1.29 is 14.0 Å². The highest BCUT2D eigenvalue weighted by Crippen LogP contribution is 2.18. The van der Waals surface area contributed by atoms with E-state index in [1.165, 1.54) is 6.08 Å². The van der Waals surface area contributed by atoms with Gasteiger partial charge in [-0.2, -0.15) is 0 Å². The molecular formula is C18H15N3O3. The molecule has 0 atom stereocenters. The standard InChI is InChI=1S/C18H15N3O3/c22-12-5-6-14-16(10-12)24-17(21-14)7-8-19-18(23)15-9-11-3-1-2-4-13(11)20-15/h1-6,9,20H,7-8,10H2,(H,19,23). The number of hydrogen-bond donors (Lipinski definition) is 2. The third kappa shape index (κ3) is 2.74. The van der Waals surface area contributed by atoms with Gasteiger partial charge in [0.2, 0.25) is 0 Å². The van der Waals surface area contributed by atoms with Crippen molar-refractivity contribution in [1.82, 2.24) is 15.3 Å². The van der Waals surface area contributed by atoms with Gasteiger partial charge in [-0.1, -0.05) is 18.2 Å². The third-order valence-corrected chi connectivity index (χ3v) is 3.93. The van der Waals surface area contributed by atoms with E-state index in [0.717, 1.165) is 10.9 Å². The first kappa shape index (κ1) is 14.4. The Morgan fingerprint density at radius 2 is 2.17 bits per heavy atom. The molecule has 0 unspecified atom stereocenters. The topological polar surface area (TPSA) is 88.0 Å². The molecule has 0 aliphatic heterocycles. The lowest BCUT2D eigenvalue weighted by atomic mass is 10.1. The van der Waals surface area contributed by atoms with Crippen LogP contribution in [-0.4, -0.2) is 28.2 Å². The van der Waals surface area contributed by atoms with Crippen LogP contribution in [0.4, 0.5) is 0 Å². The fourth-order valence-corrected chi connectivity index (χ4v) is 2.74. The summed E-state index contributed by atoms with van der Waals surface area (Å²) in [7, 11) is 0. The van der Waals surface area contributed by atoms with E-state index in [9.17, 15) is 9.59 Å². The molecule has 2 heterocycles. The number of aromatic amines is 1. The summed E-state index contributed by atoms with van der Waals surface area (Å²) >= 11 is 0. The van der Waals surface area contributed by atoms with Crippen molar-refractivity contribution in [1.29, 1.82) is 0 Å². The van der Waals surface area contributed by atoms with Crippen molar-refractivity contribution in [2.75, 3.05) is 6.54 Å². The molecule has 2 aromatic heterocycles. The Labute approximate surface area is 137 Å². The minimum absolute atomic E-state index is 0.0114. The molecule has 120 valence electrons. The number of oxazole rings is 1. The largest absolute Gasteiger partial charge is 0.445 e. The van der Waals surface area contributed by atoms with Gasteiger partial charge in [0.1, 0.15) is 17.1 Å². The van der Waals surface area contributed by atoms with Crippen LogP contribution in [0.5, 0.6) is 0 Å². The maximum Gasteiger partial charge on any atom is 0.267 e.